The minimum Gasteiger partial charge on any atom is -0.481 e. The predicted molar refractivity (Wildman–Crippen MR) is 108 cm³/mol. The molecular formula is C23H34O5. The molecule has 0 aromatic rings. The van der Waals surface area contributed by atoms with Crippen LogP contribution in [0.25, 0.3) is 0 Å². The third kappa shape index (κ3) is 5.12. The fraction of sp³-hybridized carbons (Fsp3) is 0.696. The molecule has 0 heterocycles. The monoisotopic (exact) mass is 390 g/mol. The average Bonchev–Trinajstić information content (AvgIpc) is 2.66. The topological polar surface area (TPSA) is 80.7 Å². The SMILES string of the molecule is C=C(C=O)[C@H]1CC=C2[C@H](OC(=O)CCCCCCC)CC[C@H](C(=O)O)[C@@]2(C)C1. The lowest BCUT2D eigenvalue weighted by Gasteiger charge is -2.48. The van der Waals surface area contributed by atoms with E-state index in [0.717, 1.165) is 31.1 Å². The number of aldehydes is 1. The Balaban J connectivity index is 2.08. The number of hydrogen-bond acceptors (Lipinski definition) is 4. The Morgan fingerprint density at radius 3 is 2.64 bits per heavy atom. The maximum atomic E-state index is 12.3. The second-order valence-corrected chi connectivity index (χ2v) is 8.52. The maximum Gasteiger partial charge on any atom is 0.307 e. The lowest BCUT2D eigenvalue weighted by molar-refractivity contribution is -0.154. The van der Waals surface area contributed by atoms with Crippen molar-refractivity contribution in [3.05, 3.63) is 23.8 Å². The largest absolute Gasteiger partial charge is 0.481 e. The summed E-state index contributed by atoms with van der Waals surface area (Å²) < 4.78 is 5.79. The summed E-state index contributed by atoms with van der Waals surface area (Å²) in [6.07, 6.45) is 10.4. The van der Waals surface area contributed by atoms with Gasteiger partial charge in [0.05, 0.1) is 5.92 Å². The summed E-state index contributed by atoms with van der Waals surface area (Å²) in [6.45, 7) is 7.92. The highest BCUT2D eigenvalue weighted by atomic mass is 16.5. The number of carbonyl (C=O) groups excluding carboxylic acids is 2. The van der Waals surface area contributed by atoms with Crippen molar-refractivity contribution in [2.75, 3.05) is 0 Å². The highest BCUT2D eigenvalue weighted by molar-refractivity contribution is 5.75. The molecule has 2 aliphatic carbocycles. The Morgan fingerprint density at radius 1 is 1.29 bits per heavy atom. The number of ether oxygens (including phenoxy) is 1. The van der Waals surface area contributed by atoms with Crippen LogP contribution in [0.1, 0.15) is 78.1 Å². The number of aliphatic carboxylic acids is 1. The molecule has 5 nitrogen and oxygen atoms in total. The van der Waals surface area contributed by atoms with Gasteiger partial charge in [-0.2, -0.15) is 0 Å². The van der Waals surface area contributed by atoms with Gasteiger partial charge < -0.3 is 9.84 Å². The Kier molecular flexibility index (Phi) is 8.02. The summed E-state index contributed by atoms with van der Waals surface area (Å²) in [5.74, 6) is -1.62. The van der Waals surface area contributed by atoms with Crippen LogP contribution in [0.5, 0.6) is 0 Å². The number of esters is 1. The van der Waals surface area contributed by atoms with Crippen LogP contribution in [0.15, 0.2) is 23.8 Å². The summed E-state index contributed by atoms with van der Waals surface area (Å²) in [6, 6.07) is 0. The number of allylic oxidation sites excluding steroid dienone is 2. The molecule has 2 rings (SSSR count). The van der Waals surface area contributed by atoms with Crippen LogP contribution in [-0.4, -0.2) is 29.4 Å². The van der Waals surface area contributed by atoms with E-state index in [4.69, 9.17) is 4.74 Å². The first-order valence-electron chi connectivity index (χ1n) is 10.6. The van der Waals surface area contributed by atoms with E-state index >= 15 is 0 Å². The number of hydrogen-bond donors (Lipinski definition) is 1. The fourth-order valence-electron chi connectivity index (χ4n) is 4.84. The van der Waals surface area contributed by atoms with Crippen LogP contribution >= 0.6 is 0 Å². The van der Waals surface area contributed by atoms with Gasteiger partial charge in [-0.15, -0.1) is 0 Å². The van der Waals surface area contributed by atoms with E-state index in [9.17, 15) is 19.5 Å². The Labute approximate surface area is 168 Å². The first kappa shape index (κ1) is 22.4. The number of carbonyl (C=O) groups is 3. The molecule has 1 fully saturated rings. The molecule has 0 aliphatic heterocycles. The van der Waals surface area contributed by atoms with E-state index in [0.29, 0.717) is 37.7 Å². The third-order valence-corrected chi connectivity index (χ3v) is 6.52. The molecule has 0 unspecified atom stereocenters. The summed E-state index contributed by atoms with van der Waals surface area (Å²) in [5.41, 5.74) is 0.803. The van der Waals surface area contributed by atoms with Gasteiger partial charge in [0.15, 0.2) is 0 Å². The van der Waals surface area contributed by atoms with Gasteiger partial charge in [0, 0.05) is 11.8 Å². The van der Waals surface area contributed by atoms with E-state index in [1.54, 1.807) is 0 Å². The standard InChI is InChI=1S/C23H34O5/c1-4-5-6-7-8-9-21(25)28-20-13-12-19(22(26)27)23(3)14-17(16(2)15-24)10-11-18(20)23/h11,15,17,19-20H,2,4-10,12-14H2,1,3H3,(H,26,27)/t17-,19+,20+,23-/m0/s1. The van der Waals surface area contributed by atoms with Crippen LogP contribution in [-0.2, 0) is 19.1 Å². The van der Waals surface area contributed by atoms with Gasteiger partial charge in [-0.1, -0.05) is 52.2 Å². The van der Waals surface area contributed by atoms with Crippen molar-refractivity contribution in [1.82, 2.24) is 0 Å². The van der Waals surface area contributed by atoms with Gasteiger partial charge in [0.2, 0.25) is 0 Å². The molecule has 0 amide bonds. The molecule has 0 aromatic carbocycles. The van der Waals surface area contributed by atoms with E-state index in [-0.39, 0.29) is 18.0 Å². The quantitative estimate of drug-likeness (QED) is 0.190. The van der Waals surface area contributed by atoms with Crippen molar-refractivity contribution in [3.8, 4) is 0 Å². The molecule has 1 N–H and O–H groups in total. The molecule has 156 valence electrons. The van der Waals surface area contributed by atoms with Gasteiger partial charge in [0.25, 0.3) is 0 Å². The van der Waals surface area contributed by atoms with Crippen molar-refractivity contribution >= 4 is 18.2 Å². The zero-order chi connectivity index (χ0) is 20.7. The minimum absolute atomic E-state index is 0.0545. The second-order valence-electron chi connectivity index (χ2n) is 8.52. The smallest absolute Gasteiger partial charge is 0.307 e. The van der Waals surface area contributed by atoms with E-state index in [1.165, 1.54) is 12.8 Å². The number of rotatable bonds is 10. The summed E-state index contributed by atoms with van der Waals surface area (Å²) >= 11 is 0. The van der Waals surface area contributed by atoms with Gasteiger partial charge in [0.1, 0.15) is 12.4 Å². The molecule has 28 heavy (non-hydrogen) atoms. The van der Waals surface area contributed by atoms with Crippen LogP contribution in [0.2, 0.25) is 0 Å². The summed E-state index contributed by atoms with van der Waals surface area (Å²) in [4.78, 5) is 35.4. The van der Waals surface area contributed by atoms with Gasteiger partial charge in [-0.05, 0) is 49.2 Å². The molecule has 0 radical (unpaired) electrons. The highest BCUT2D eigenvalue weighted by Gasteiger charge is 2.51. The predicted octanol–water partition coefficient (Wildman–Crippen LogP) is 4.85. The molecule has 0 spiro atoms. The van der Waals surface area contributed by atoms with Crippen molar-refractivity contribution in [1.29, 1.82) is 0 Å². The van der Waals surface area contributed by atoms with Gasteiger partial charge in [-0.3, -0.25) is 14.4 Å². The zero-order valence-electron chi connectivity index (χ0n) is 17.2. The van der Waals surface area contributed by atoms with Crippen LogP contribution in [0.3, 0.4) is 0 Å². The zero-order valence-corrected chi connectivity index (χ0v) is 17.2. The third-order valence-electron chi connectivity index (χ3n) is 6.52. The maximum absolute atomic E-state index is 12.3. The molecule has 1 saturated carbocycles. The number of unbranched alkanes of at least 4 members (excludes halogenated alkanes) is 4. The van der Waals surface area contributed by atoms with Crippen molar-refractivity contribution in [2.45, 2.75) is 84.2 Å². The summed E-state index contributed by atoms with van der Waals surface area (Å²) in [5, 5.41) is 9.75. The Morgan fingerprint density at radius 2 is 2.00 bits per heavy atom. The molecule has 0 aromatic heterocycles. The van der Waals surface area contributed by atoms with Gasteiger partial charge >= 0.3 is 11.9 Å². The highest BCUT2D eigenvalue weighted by Crippen LogP contribution is 2.54. The van der Waals surface area contributed by atoms with Crippen molar-refractivity contribution in [2.24, 2.45) is 17.3 Å². The van der Waals surface area contributed by atoms with Crippen molar-refractivity contribution < 1.29 is 24.2 Å². The molecule has 0 bridgehead atoms. The Bertz CT molecular complexity index is 635. The fourth-order valence-corrected chi connectivity index (χ4v) is 4.84. The first-order chi connectivity index (χ1) is 13.3. The number of fused-ring (bicyclic) bond motifs is 1. The van der Waals surface area contributed by atoms with Crippen molar-refractivity contribution in [3.63, 3.8) is 0 Å². The second kappa shape index (κ2) is 10.0. The minimum atomic E-state index is -0.827. The first-order valence-corrected chi connectivity index (χ1v) is 10.6. The van der Waals surface area contributed by atoms with Gasteiger partial charge in [-0.25, -0.2) is 0 Å². The lowest BCUT2D eigenvalue weighted by atomic mass is 9.56. The van der Waals surface area contributed by atoms with Crippen LogP contribution in [0.4, 0.5) is 0 Å². The molecule has 5 heteroatoms. The lowest BCUT2D eigenvalue weighted by Crippen LogP contribution is -2.47. The average molecular weight is 391 g/mol. The molecule has 2 aliphatic rings. The van der Waals surface area contributed by atoms with E-state index in [2.05, 4.69) is 13.5 Å². The number of carboxylic acids is 1. The molecular weight excluding hydrogens is 356 g/mol. The van der Waals surface area contributed by atoms with E-state index in [1.807, 2.05) is 13.0 Å². The molecule has 4 atom stereocenters. The molecule has 0 saturated heterocycles. The normalized spacial score (nSPS) is 29.4. The van der Waals surface area contributed by atoms with Crippen LogP contribution in [0, 0.1) is 17.3 Å². The Hall–Kier alpha value is -1.91. The van der Waals surface area contributed by atoms with E-state index < -0.39 is 17.3 Å². The summed E-state index contributed by atoms with van der Waals surface area (Å²) in [7, 11) is 0. The van der Waals surface area contributed by atoms with Crippen LogP contribution < -0.4 is 0 Å². The number of carboxylic acid groups (broad SMARTS) is 1.